The highest BCUT2D eigenvalue weighted by Crippen LogP contribution is 2.35. The number of carbonyl (C=O) groups is 2. The first kappa shape index (κ1) is 18.3. The Morgan fingerprint density at radius 3 is 2.62 bits per heavy atom. The molecule has 0 unspecified atom stereocenters. The highest BCUT2D eigenvalue weighted by Gasteiger charge is 2.14. The number of amides is 2. The number of aryl methyl sites for hydroxylation is 1. The SMILES string of the molecule is Cc1cc(OCC(=O)Nc2ccccc2C(N)=O)c(Br)c(C)c1Cl. The Morgan fingerprint density at radius 1 is 1.29 bits per heavy atom. The maximum Gasteiger partial charge on any atom is 0.262 e. The highest BCUT2D eigenvalue weighted by atomic mass is 79.9. The molecule has 0 fully saturated rings. The van der Waals surface area contributed by atoms with E-state index in [-0.39, 0.29) is 12.2 Å². The zero-order chi connectivity index (χ0) is 17.9. The quantitative estimate of drug-likeness (QED) is 0.784. The highest BCUT2D eigenvalue weighted by molar-refractivity contribution is 9.10. The molecule has 0 aliphatic rings. The maximum absolute atomic E-state index is 12.1. The summed E-state index contributed by atoms with van der Waals surface area (Å²) in [6, 6.07) is 8.27. The van der Waals surface area contributed by atoms with E-state index in [9.17, 15) is 9.59 Å². The van der Waals surface area contributed by atoms with Gasteiger partial charge in [0.2, 0.25) is 0 Å². The number of benzene rings is 2. The van der Waals surface area contributed by atoms with Gasteiger partial charge in [-0.3, -0.25) is 9.59 Å². The molecule has 126 valence electrons. The van der Waals surface area contributed by atoms with Crippen LogP contribution in [0.1, 0.15) is 21.5 Å². The smallest absolute Gasteiger partial charge is 0.262 e. The summed E-state index contributed by atoms with van der Waals surface area (Å²) in [6.07, 6.45) is 0. The predicted molar refractivity (Wildman–Crippen MR) is 97.7 cm³/mol. The summed E-state index contributed by atoms with van der Waals surface area (Å²) in [5.74, 6) is -0.493. The Balaban J connectivity index is 2.09. The first-order chi connectivity index (χ1) is 11.3. The second kappa shape index (κ2) is 7.68. The summed E-state index contributed by atoms with van der Waals surface area (Å²) in [6.45, 7) is 3.50. The minimum Gasteiger partial charge on any atom is -0.483 e. The number of nitrogens with one attached hydrogen (secondary N) is 1. The Hall–Kier alpha value is -2.05. The molecule has 2 amide bonds. The molecule has 0 aromatic heterocycles. The molecule has 0 spiro atoms. The van der Waals surface area contributed by atoms with E-state index in [2.05, 4.69) is 21.2 Å². The third-order valence-electron chi connectivity index (χ3n) is 3.39. The average Bonchev–Trinajstić information content (AvgIpc) is 2.55. The standard InChI is InChI=1S/C17H16BrClN2O3/c1-9-7-13(15(18)10(2)16(9)19)24-8-14(22)21-12-6-4-3-5-11(12)17(20)23/h3-7H,8H2,1-2H3,(H2,20,23)(H,21,22). The van der Waals surface area contributed by atoms with Crippen LogP contribution in [0.2, 0.25) is 5.02 Å². The number of rotatable bonds is 5. The average molecular weight is 412 g/mol. The van der Waals surface area contributed by atoms with Crippen molar-refractivity contribution in [2.75, 3.05) is 11.9 Å². The van der Waals surface area contributed by atoms with Gasteiger partial charge in [-0.15, -0.1) is 0 Å². The maximum atomic E-state index is 12.1. The van der Waals surface area contributed by atoms with Crippen LogP contribution < -0.4 is 15.8 Å². The van der Waals surface area contributed by atoms with Gasteiger partial charge in [-0.2, -0.15) is 0 Å². The Morgan fingerprint density at radius 2 is 1.96 bits per heavy atom. The molecule has 24 heavy (non-hydrogen) atoms. The van der Waals surface area contributed by atoms with E-state index in [0.717, 1.165) is 11.1 Å². The first-order valence-electron chi connectivity index (χ1n) is 7.08. The minimum atomic E-state index is -0.612. The van der Waals surface area contributed by atoms with Crippen LogP contribution in [0, 0.1) is 13.8 Å². The molecule has 0 bridgehead atoms. The second-order valence-corrected chi connectivity index (χ2v) is 6.36. The number of primary amides is 1. The van der Waals surface area contributed by atoms with Crippen molar-refractivity contribution in [3.8, 4) is 5.75 Å². The van der Waals surface area contributed by atoms with E-state index in [1.54, 1.807) is 30.3 Å². The van der Waals surface area contributed by atoms with Crippen molar-refractivity contribution < 1.29 is 14.3 Å². The summed E-state index contributed by atoms with van der Waals surface area (Å²) in [5, 5.41) is 3.26. The van der Waals surface area contributed by atoms with Gasteiger partial charge in [-0.1, -0.05) is 23.7 Å². The van der Waals surface area contributed by atoms with Gasteiger partial charge < -0.3 is 15.8 Å². The van der Waals surface area contributed by atoms with Gasteiger partial charge in [0.1, 0.15) is 5.75 Å². The van der Waals surface area contributed by atoms with Crippen molar-refractivity contribution in [2.45, 2.75) is 13.8 Å². The lowest BCUT2D eigenvalue weighted by atomic mass is 10.1. The molecule has 2 aromatic rings. The zero-order valence-corrected chi connectivity index (χ0v) is 15.5. The molecule has 7 heteroatoms. The summed E-state index contributed by atoms with van der Waals surface area (Å²) >= 11 is 9.57. The van der Waals surface area contributed by atoms with Crippen LogP contribution in [0.15, 0.2) is 34.8 Å². The second-order valence-electron chi connectivity index (χ2n) is 5.19. The van der Waals surface area contributed by atoms with E-state index in [1.165, 1.54) is 0 Å². The Kier molecular flexibility index (Phi) is 5.85. The fourth-order valence-electron chi connectivity index (χ4n) is 2.14. The Bertz CT molecular complexity index is 809. The minimum absolute atomic E-state index is 0.216. The monoisotopic (exact) mass is 410 g/mol. The van der Waals surface area contributed by atoms with Crippen molar-refractivity contribution >= 4 is 45.0 Å². The number of halogens is 2. The number of anilines is 1. The lowest BCUT2D eigenvalue weighted by Gasteiger charge is -2.13. The topological polar surface area (TPSA) is 81.4 Å². The van der Waals surface area contributed by atoms with Crippen LogP contribution >= 0.6 is 27.5 Å². The third kappa shape index (κ3) is 4.07. The van der Waals surface area contributed by atoms with E-state index in [4.69, 9.17) is 22.1 Å². The zero-order valence-electron chi connectivity index (χ0n) is 13.2. The largest absolute Gasteiger partial charge is 0.483 e. The van der Waals surface area contributed by atoms with Crippen molar-refractivity contribution in [1.82, 2.24) is 0 Å². The number of hydrogen-bond donors (Lipinski definition) is 2. The van der Waals surface area contributed by atoms with Crippen molar-refractivity contribution in [3.63, 3.8) is 0 Å². The molecular weight excluding hydrogens is 396 g/mol. The Labute approximate surface area is 153 Å². The number of hydrogen-bond acceptors (Lipinski definition) is 3. The van der Waals surface area contributed by atoms with E-state index in [0.29, 0.717) is 20.9 Å². The van der Waals surface area contributed by atoms with E-state index >= 15 is 0 Å². The molecule has 0 heterocycles. The van der Waals surface area contributed by atoms with Gasteiger partial charge in [0, 0.05) is 5.02 Å². The lowest BCUT2D eigenvalue weighted by Crippen LogP contribution is -2.23. The molecule has 0 saturated carbocycles. The normalized spacial score (nSPS) is 10.3. The van der Waals surface area contributed by atoms with Crippen LogP contribution in [0.25, 0.3) is 0 Å². The van der Waals surface area contributed by atoms with Gasteiger partial charge in [0.15, 0.2) is 6.61 Å². The molecule has 0 aliphatic carbocycles. The van der Waals surface area contributed by atoms with Gasteiger partial charge >= 0.3 is 0 Å². The summed E-state index contributed by atoms with van der Waals surface area (Å²) in [4.78, 5) is 23.4. The van der Waals surface area contributed by atoms with Crippen LogP contribution in [0.3, 0.4) is 0 Å². The molecule has 5 nitrogen and oxygen atoms in total. The molecule has 3 N–H and O–H groups in total. The number of para-hydroxylation sites is 1. The molecule has 2 aromatic carbocycles. The van der Waals surface area contributed by atoms with Crippen LogP contribution in [0.4, 0.5) is 5.69 Å². The molecule has 0 aliphatic heterocycles. The number of carbonyl (C=O) groups excluding carboxylic acids is 2. The lowest BCUT2D eigenvalue weighted by molar-refractivity contribution is -0.118. The van der Waals surface area contributed by atoms with Crippen molar-refractivity contribution in [3.05, 3.63) is 56.5 Å². The third-order valence-corrected chi connectivity index (χ3v) is 4.96. The van der Waals surface area contributed by atoms with Crippen LogP contribution in [-0.2, 0) is 4.79 Å². The molecule has 0 radical (unpaired) electrons. The summed E-state index contributed by atoms with van der Waals surface area (Å²) in [5.41, 5.74) is 7.56. The summed E-state index contributed by atoms with van der Waals surface area (Å²) < 4.78 is 6.25. The number of nitrogens with two attached hydrogens (primary N) is 1. The number of ether oxygens (including phenoxy) is 1. The van der Waals surface area contributed by atoms with Crippen LogP contribution in [0.5, 0.6) is 5.75 Å². The van der Waals surface area contributed by atoms with Gasteiger partial charge in [0.25, 0.3) is 11.8 Å². The fourth-order valence-corrected chi connectivity index (χ4v) is 2.83. The summed E-state index contributed by atoms with van der Waals surface area (Å²) in [7, 11) is 0. The molecule has 0 atom stereocenters. The van der Waals surface area contributed by atoms with E-state index in [1.807, 2.05) is 13.8 Å². The molecular formula is C17H16BrClN2O3. The first-order valence-corrected chi connectivity index (χ1v) is 8.25. The molecule has 2 rings (SSSR count). The van der Waals surface area contributed by atoms with Gasteiger partial charge in [-0.05, 0) is 59.1 Å². The van der Waals surface area contributed by atoms with Crippen LogP contribution in [-0.4, -0.2) is 18.4 Å². The van der Waals surface area contributed by atoms with E-state index < -0.39 is 11.8 Å². The predicted octanol–water partition coefficient (Wildman–Crippen LogP) is 3.84. The van der Waals surface area contributed by atoms with Crippen molar-refractivity contribution in [2.24, 2.45) is 5.73 Å². The molecule has 0 saturated heterocycles. The van der Waals surface area contributed by atoms with Gasteiger partial charge in [0.05, 0.1) is 15.7 Å². The van der Waals surface area contributed by atoms with Crippen molar-refractivity contribution in [1.29, 1.82) is 0 Å². The fraction of sp³-hybridized carbons (Fsp3) is 0.176. The van der Waals surface area contributed by atoms with Gasteiger partial charge in [-0.25, -0.2) is 0 Å².